The van der Waals surface area contributed by atoms with Gasteiger partial charge >= 0.3 is 0 Å². The summed E-state index contributed by atoms with van der Waals surface area (Å²) < 4.78 is 18.9. The van der Waals surface area contributed by atoms with Gasteiger partial charge in [-0.3, -0.25) is 4.79 Å². The summed E-state index contributed by atoms with van der Waals surface area (Å²) in [6.07, 6.45) is 0.526. The second-order valence-corrected chi connectivity index (χ2v) is 8.28. The lowest BCUT2D eigenvalue weighted by atomic mass is 9.91. The van der Waals surface area contributed by atoms with Gasteiger partial charge in [0.1, 0.15) is 18.5 Å². The van der Waals surface area contributed by atoms with Gasteiger partial charge in [-0.15, -0.1) is 0 Å². The van der Waals surface area contributed by atoms with Crippen molar-refractivity contribution < 1.29 is 19.0 Å². The van der Waals surface area contributed by atoms with E-state index < -0.39 is 0 Å². The Labute approximate surface area is 182 Å². The fraction of sp³-hybridized carbons (Fsp3) is 0.346. The van der Waals surface area contributed by atoms with Gasteiger partial charge in [0.25, 0.3) is 0 Å². The zero-order valence-corrected chi connectivity index (χ0v) is 17.7. The number of rotatable bonds is 10. The second kappa shape index (κ2) is 8.69. The zero-order chi connectivity index (χ0) is 21.2. The number of aryl methyl sites for hydroxylation is 1. The van der Waals surface area contributed by atoms with Gasteiger partial charge < -0.3 is 18.8 Å². The highest BCUT2D eigenvalue weighted by Gasteiger charge is 2.44. The number of ketones is 1. The van der Waals surface area contributed by atoms with Crippen LogP contribution in [0.3, 0.4) is 0 Å². The first-order chi connectivity index (χ1) is 15.2. The number of Topliss-reactive ketones (excluding diaryl/α,β-unsaturated/α-hetero) is 1. The van der Waals surface area contributed by atoms with Gasteiger partial charge in [-0.2, -0.15) is 0 Å². The molecule has 2 aliphatic heterocycles. The molecule has 0 spiro atoms. The van der Waals surface area contributed by atoms with E-state index in [2.05, 4.69) is 47.9 Å². The number of ether oxygens (including phenoxy) is 3. The second-order valence-electron chi connectivity index (χ2n) is 8.28. The van der Waals surface area contributed by atoms with Gasteiger partial charge in [-0.1, -0.05) is 42.5 Å². The van der Waals surface area contributed by atoms with E-state index in [4.69, 9.17) is 14.2 Å². The van der Waals surface area contributed by atoms with Gasteiger partial charge in [0.15, 0.2) is 5.78 Å². The molecular weight excluding hydrogens is 390 g/mol. The minimum absolute atomic E-state index is 0.0521. The number of hydrogen-bond donors (Lipinski definition) is 0. The van der Waals surface area contributed by atoms with Crippen molar-refractivity contribution >= 4 is 5.78 Å². The smallest absolute Gasteiger partial charge is 0.170 e. The van der Waals surface area contributed by atoms with Crippen LogP contribution in [0.1, 0.15) is 11.3 Å². The predicted molar refractivity (Wildman–Crippen MR) is 118 cm³/mol. The maximum absolute atomic E-state index is 12.4. The third-order valence-corrected chi connectivity index (χ3v) is 6.06. The van der Waals surface area contributed by atoms with E-state index in [9.17, 15) is 4.79 Å². The first-order valence-electron chi connectivity index (χ1n) is 10.9. The Morgan fingerprint density at radius 1 is 1.03 bits per heavy atom. The first-order valence-corrected chi connectivity index (χ1v) is 10.9. The lowest BCUT2D eigenvalue weighted by molar-refractivity contribution is -0.124. The molecular formula is C26H27NO4. The number of nitrogens with zero attached hydrogens (tertiary/aromatic N) is 1. The average molecular weight is 418 g/mol. The average Bonchev–Trinajstić information content (AvgIpc) is 3.72. The van der Waals surface area contributed by atoms with Crippen LogP contribution in [0.25, 0.3) is 11.3 Å². The van der Waals surface area contributed by atoms with Crippen LogP contribution in [0.5, 0.6) is 5.75 Å². The van der Waals surface area contributed by atoms with Gasteiger partial charge in [0, 0.05) is 11.4 Å². The highest BCUT2D eigenvalue weighted by atomic mass is 16.6. The van der Waals surface area contributed by atoms with Crippen LogP contribution < -0.4 is 4.74 Å². The van der Waals surface area contributed by atoms with Crippen molar-refractivity contribution in [1.82, 2.24) is 4.57 Å². The maximum Gasteiger partial charge on any atom is 0.170 e. The largest absolute Gasteiger partial charge is 0.492 e. The van der Waals surface area contributed by atoms with E-state index in [0.717, 1.165) is 17.9 Å². The van der Waals surface area contributed by atoms with Crippen LogP contribution in [-0.4, -0.2) is 42.4 Å². The fourth-order valence-corrected chi connectivity index (χ4v) is 4.11. The molecule has 2 saturated heterocycles. The van der Waals surface area contributed by atoms with Crippen LogP contribution in [0.4, 0.5) is 0 Å². The van der Waals surface area contributed by atoms with Gasteiger partial charge in [0.05, 0.1) is 31.8 Å². The molecule has 1 aromatic heterocycles. The quantitative estimate of drug-likeness (QED) is 0.467. The molecule has 5 nitrogen and oxygen atoms in total. The molecule has 0 radical (unpaired) electrons. The number of hydrogen-bond acceptors (Lipinski definition) is 4. The highest BCUT2D eigenvalue weighted by molar-refractivity contribution is 5.88. The molecule has 2 fully saturated rings. The molecule has 2 aromatic carbocycles. The normalized spacial score (nSPS) is 20.3. The molecule has 5 rings (SSSR count). The molecule has 3 heterocycles. The van der Waals surface area contributed by atoms with E-state index in [1.165, 1.54) is 17.0 Å². The van der Waals surface area contributed by atoms with Crippen molar-refractivity contribution in [2.45, 2.75) is 32.1 Å². The summed E-state index contributed by atoms with van der Waals surface area (Å²) in [5.41, 5.74) is 4.75. The Morgan fingerprint density at radius 3 is 2.45 bits per heavy atom. The summed E-state index contributed by atoms with van der Waals surface area (Å²) in [6.45, 7) is 4.72. The van der Waals surface area contributed by atoms with Crippen LogP contribution in [-0.2, 0) is 27.2 Å². The van der Waals surface area contributed by atoms with E-state index in [1.807, 2.05) is 30.3 Å². The van der Waals surface area contributed by atoms with Crippen molar-refractivity contribution in [3.8, 4) is 17.0 Å². The van der Waals surface area contributed by atoms with Crippen LogP contribution in [0.15, 0.2) is 66.7 Å². The third-order valence-electron chi connectivity index (χ3n) is 6.06. The summed E-state index contributed by atoms with van der Waals surface area (Å²) in [5.74, 6) is 0.914. The molecule has 31 heavy (non-hydrogen) atoms. The Balaban J connectivity index is 1.18. The first kappa shape index (κ1) is 20.0. The van der Waals surface area contributed by atoms with Crippen molar-refractivity contribution in [2.75, 3.05) is 19.8 Å². The highest BCUT2D eigenvalue weighted by Crippen LogP contribution is 2.30. The SMILES string of the molecule is Cc1ccc(-c2ccccc2)n1CCOc1ccc(CC(C(=O)C2CO2)C2CO2)cc1. The van der Waals surface area contributed by atoms with Gasteiger partial charge in [-0.05, 0) is 48.7 Å². The Bertz CT molecular complexity index is 1030. The molecule has 3 aromatic rings. The lowest BCUT2D eigenvalue weighted by Gasteiger charge is -2.14. The van der Waals surface area contributed by atoms with Gasteiger partial charge in [-0.25, -0.2) is 0 Å². The minimum atomic E-state index is -0.213. The Hall–Kier alpha value is -2.89. The van der Waals surface area contributed by atoms with Crippen molar-refractivity contribution in [2.24, 2.45) is 5.92 Å². The lowest BCUT2D eigenvalue weighted by Crippen LogP contribution is -2.27. The molecule has 3 unspecified atom stereocenters. The fourth-order valence-electron chi connectivity index (χ4n) is 4.11. The summed E-state index contributed by atoms with van der Waals surface area (Å²) in [7, 11) is 0. The third kappa shape index (κ3) is 4.73. The molecule has 0 saturated carbocycles. The maximum atomic E-state index is 12.4. The molecule has 0 aliphatic carbocycles. The van der Waals surface area contributed by atoms with E-state index in [1.54, 1.807) is 0 Å². The van der Waals surface area contributed by atoms with Crippen molar-refractivity contribution in [3.63, 3.8) is 0 Å². The number of carbonyl (C=O) groups excluding carboxylic acids is 1. The number of epoxide rings is 2. The van der Waals surface area contributed by atoms with Gasteiger partial charge in [0.2, 0.25) is 0 Å². The number of benzene rings is 2. The van der Waals surface area contributed by atoms with E-state index in [-0.39, 0.29) is 23.9 Å². The number of aromatic nitrogens is 1. The monoisotopic (exact) mass is 417 g/mol. The molecule has 0 bridgehead atoms. The Morgan fingerprint density at radius 2 is 1.77 bits per heavy atom. The summed E-state index contributed by atoms with van der Waals surface area (Å²) in [4.78, 5) is 12.4. The zero-order valence-electron chi connectivity index (χ0n) is 17.7. The van der Waals surface area contributed by atoms with Crippen molar-refractivity contribution in [1.29, 1.82) is 0 Å². The predicted octanol–water partition coefficient (Wildman–Crippen LogP) is 4.07. The summed E-state index contributed by atoms with van der Waals surface area (Å²) in [6, 6.07) is 22.8. The minimum Gasteiger partial charge on any atom is -0.492 e. The molecule has 5 heteroatoms. The standard InChI is InChI=1S/C26H27NO4/c1-18-7-12-23(20-5-3-2-4-6-20)27(18)13-14-29-21-10-8-19(9-11-21)15-22(24-16-30-24)26(28)25-17-31-25/h2-12,22,24-25H,13-17H2,1H3. The molecule has 2 aliphatic rings. The summed E-state index contributed by atoms with van der Waals surface area (Å²) in [5, 5.41) is 0. The van der Waals surface area contributed by atoms with E-state index in [0.29, 0.717) is 26.2 Å². The van der Waals surface area contributed by atoms with Crippen LogP contribution >= 0.6 is 0 Å². The molecule has 160 valence electrons. The Kier molecular flexibility index (Phi) is 5.62. The number of carbonyl (C=O) groups is 1. The summed E-state index contributed by atoms with van der Waals surface area (Å²) >= 11 is 0. The molecule has 0 amide bonds. The van der Waals surface area contributed by atoms with E-state index >= 15 is 0 Å². The van der Waals surface area contributed by atoms with Crippen LogP contribution in [0, 0.1) is 12.8 Å². The molecule has 0 N–H and O–H groups in total. The van der Waals surface area contributed by atoms with Crippen LogP contribution in [0.2, 0.25) is 0 Å². The topological polar surface area (TPSA) is 56.3 Å². The molecule has 3 atom stereocenters. The van der Waals surface area contributed by atoms with Crippen molar-refractivity contribution in [3.05, 3.63) is 78.0 Å².